The number of esters is 2. The quantitative estimate of drug-likeness (QED) is 0.202. The highest BCUT2D eigenvalue weighted by Crippen LogP contribution is 2.31. The lowest BCUT2D eigenvalue weighted by atomic mass is 9.89. The molecule has 0 saturated carbocycles. The molecule has 0 radical (unpaired) electrons. The first-order valence-electron chi connectivity index (χ1n) is 15.1. The molecule has 0 aromatic carbocycles. The molecular formula is C32H47NO9. The molecule has 234 valence electrons. The van der Waals surface area contributed by atoms with Gasteiger partial charge in [0.1, 0.15) is 23.7 Å². The fraction of sp³-hybridized carbons (Fsp3) is 0.656. The van der Waals surface area contributed by atoms with Gasteiger partial charge < -0.3 is 33.4 Å². The number of carbonyl (C=O) groups is 3. The van der Waals surface area contributed by atoms with Crippen LogP contribution in [0.15, 0.2) is 34.8 Å². The van der Waals surface area contributed by atoms with Gasteiger partial charge in [0.15, 0.2) is 0 Å². The molecule has 3 heterocycles. The lowest BCUT2D eigenvalue weighted by Gasteiger charge is -2.37. The maximum absolute atomic E-state index is 12.8. The second kappa shape index (κ2) is 17.8. The number of hydrogen-bond acceptors (Lipinski definition) is 9. The summed E-state index contributed by atoms with van der Waals surface area (Å²) in [7, 11) is 3.02. The molecule has 0 spiro atoms. The molecule has 10 heteroatoms. The summed E-state index contributed by atoms with van der Waals surface area (Å²) >= 11 is 0. The van der Waals surface area contributed by atoms with Crippen LogP contribution in [0.3, 0.4) is 0 Å². The average molecular weight is 590 g/mol. The number of rotatable bonds is 11. The number of furan rings is 1. The van der Waals surface area contributed by atoms with Crippen LogP contribution in [0.4, 0.5) is 4.79 Å². The molecule has 1 aromatic heterocycles. The molecule has 10 nitrogen and oxygen atoms in total. The molecule has 0 unspecified atom stereocenters. The first-order valence-corrected chi connectivity index (χ1v) is 15.1. The number of nitrogens with one attached hydrogen (secondary N) is 1. The Morgan fingerprint density at radius 1 is 1.05 bits per heavy atom. The molecule has 0 aliphatic carbocycles. The highest BCUT2D eigenvalue weighted by Gasteiger charge is 2.35. The summed E-state index contributed by atoms with van der Waals surface area (Å²) < 4.78 is 33.9. The molecule has 2 fully saturated rings. The van der Waals surface area contributed by atoms with E-state index in [1.54, 1.807) is 25.3 Å². The smallest absolute Gasteiger partial charge is 0.407 e. The van der Waals surface area contributed by atoms with Crippen LogP contribution in [-0.4, -0.2) is 69.3 Å². The Labute approximate surface area is 249 Å². The third-order valence-electron chi connectivity index (χ3n) is 7.54. The highest BCUT2D eigenvalue weighted by atomic mass is 16.6. The Bertz CT molecular complexity index is 1050. The maximum Gasteiger partial charge on any atom is 0.407 e. The molecule has 2 bridgehead atoms. The molecular weight excluding hydrogens is 542 g/mol. The number of aryl methyl sites for hydroxylation is 1. The molecule has 6 atom stereocenters. The van der Waals surface area contributed by atoms with E-state index in [2.05, 4.69) is 23.9 Å². The van der Waals surface area contributed by atoms with Gasteiger partial charge in [-0.05, 0) is 49.8 Å². The Hall–Kier alpha value is -3.11. The summed E-state index contributed by atoms with van der Waals surface area (Å²) in [6.07, 6.45) is 11.9. The Morgan fingerprint density at radius 3 is 2.62 bits per heavy atom. The van der Waals surface area contributed by atoms with Crippen LogP contribution < -0.4 is 5.32 Å². The second-order valence-electron chi connectivity index (χ2n) is 11.2. The number of hydrogen-bond donors (Lipinski definition) is 1. The Balaban J connectivity index is 1.49. The van der Waals surface area contributed by atoms with Crippen molar-refractivity contribution in [3.63, 3.8) is 0 Å². The van der Waals surface area contributed by atoms with Gasteiger partial charge in [0.05, 0.1) is 31.8 Å². The van der Waals surface area contributed by atoms with Gasteiger partial charge in [-0.3, -0.25) is 4.79 Å². The van der Waals surface area contributed by atoms with Crippen LogP contribution in [-0.2, 0) is 39.7 Å². The first-order chi connectivity index (χ1) is 20.3. The molecule has 42 heavy (non-hydrogen) atoms. The van der Waals surface area contributed by atoms with E-state index in [-0.39, 0.29) is 42.9 Å². The zero-order chi connectivity index (χ0) is 30.3. The van der Waals surface area contributed by atoms with Crippen molar-refractivity contribution in [1.29, 1.82) is 0 Å². The summed E-state index contributed by atoms with van der Waals surface area (Å²) in [5, 5.41) is 2.56. The van der Waals surface area contributed by atoms with Crippen molar-refractivity contribution in [2.24, 2.45) is 5.92 Å². The van der Waals surface area contributed by atoms with E-state index in [0.717, 1.165) is 31.4 Å². The van der Waals surface area contributed by atoms with E-state index >= 15 is 0 Å². The number of allylic oxidation sites excluding steroid dienone is 1. The molecule has 2 aliphatic rings. The van der Waals surface area contributed by atoms with Crippen molar-refractivity contribution < 1.29 is 42.5 Å². The minimum atomic E-state index is -0.493. The lowest BCUT2D eigenvalue weighted by molar-refractivity contribution is -0.168. The van der Waals surface area contributed by atoms with Crippen molar-refractivity contribution in [3.8, 4) is 0 Å². The highest BCUT2D eigenvalue weighted by molar-refractivity contribution is 5.82. The van der Waals surface area contributed by atoms with E-state index in [0.29, 0.717) is 50.3 Å². The van der Waals surface area contributed by atoms with Crippen molar-refractivity contribution >= 4 is 24.1 Å². The summed E-state index contributed by atoms with van der Waals surface area (Å²) in [6.45, 7) is 4.60. The van der Waals surface area contributed by atoms with E-state index in [1.807, 2.05) is 12.1 Å². The number of cyclic esters (lactones) is 1. The number of carbonyl (C=O) groups excluding carboxylic acids is 3. The van der Waals surface area contributed by atoms with Crippen LogP contribution >= 0.6 is 0 Å². The van der Waals surface area contributed by atoms with Gasteiger partial charge in [-0.15, -0.1) is 0 Å². The molecule has 2 saturated heterocycles. The average Bonchev–Trinajstić information content (AvgIpc) is 3.39. The van der Waals surface area contributed by atoms with Gasteiger partial charge >= 0.3 is 18.0 Å². The van der Waals surface area contributed by atoms with E-state index in [9.17, 15) is 14.4 Å². The van der Waals surface area contributed by atoms with Gasteiger partial charge in [-0.25, -0.2) is 9.59 Å². The summed E-state index contributed by atoms with van der Waals surface area (Å²) in [5.74, 6) is 1.13. The van der Waals surface area contributed by atoms with Crippen LogP contribution in [0.25, 0.3) is 6.08 Å². The third-order valence-corrected chi connectivity index (χ3v) is 7.54. The van der Waals surface area contributed by atoms with Crippen LogP contribution in [0.5, 0.6) is 0 Å². The number of alkyl carbamates (subject to hydrolysis) is 1. The van der Waals surface area contributed by atoms with E-state index < -0.39 is 12.1 Å². The molecule has 1 aromatic rings. The van der Waals surface area contributed by atoms with Crippen LogP contribution in [0, 0.1) is 5.92 Å². The first kappa shape index (κ1) is 33.4. The largest absolute Gasteiger partial charge is 0.462 e. The predicted octanol–water partition coefficient (Wildman–Crippen LogP) is 5.53. The maximum atomic E-state index is 12.8. The van der Waals surface area contributed by atoms with Crippen LogP contribution in [0.1, 0.15) is 83.2 Å². The normalized spacial score (nSPS) is 27.2. The van der Waals surface area contributed by atoms with Gasteiger partial charge in [0.2, 0.25) is 0 Å². The molecule has 3 rings (SSSR count). The lowest BCUT2D eigenvalue weighted by Crippen LogP contribution is -2.41. The van der Waals surface area contributed by atoms with Gasteiger partial charge in [-0.1, -0.05) is 32.4 Å². The SMILES string of the molecule is CCC[C@H]1C[C@@H](OC)C[C@H](C)C[C@H]2C[C@@H](OC(=O)/C=C\CCc3ccc(/C=C\CNC(=O)OC)o3)C[C@@H](CC(=O)O1)O2. The minimum Gasteiger partial charge on any atom is -0.462 e. The van der Waals surface area contributed by atoms with E-state index in [4.69, 9.17) is 23.4 Å². The van der Waals surface area contributed by atoms with Crippen molar-refractivity contribution in [2.45, 2.75) is 109 Å². The standard InChI is InChI=1S/C32H47NO9/c1-5-9-25-18-26(37-3)16-22(2)17-27-19-28(20-29(40-27)21-31(35)41-25)42-30(34)12-7-6-10-23-13-14-24(39-23)11-8-15-33-32(36)38-4/h7-8,11-14,22,25-29H,5-6,9-10,15-21H2,1-4H3,(H,33,36)/b11-8-,12-7-/t22-,25-,26-,27-,28+,29-/m0/s1. The molecule has 2 aliphatic heterocycles. The van der Waals surface area contributed by atoms with Crippen molar-refractivity contribution in [2.75, 3.05) is 20.8 Å². The number of amides is 1. The summed E-state index contributed by atoms with van der Waals surface area (Å²) in [6, 6.07) is 3.73. The molecule has 1 N–H and O–H groups in total. The molecule has 1 amide bonds. The summed E-state index contributed by atoms with van der Waals surface area (Å²) in [5.41, 5.74) is 0. The van der Waals surface area contributed by atoms with Crippen LogP contribution in [0.2, 0.25) is 0 Å². The number of fused-ring (bicyclic) bond motifs is 2. The van der Waals surface area contributed by atoms with Gasteiger partial charge in [-0.2, -0.15) is 0 Å². The second-order valence-corrected chi connectivity index (χ2v) is 11.2. The number of methoxy groups -OCH3 is 2. The topological polar surface area (TPSA) is 123 Å². The Kier molecular flexibility index (Phi) is 14.1. The fourth-order valence-corrected chi connectivity index (χ4v) is 5.60. The fourth-order valence-electron chi connectivity index (χ4n) is 5.60. The predicted molar refractivity (Wildman–Crippen MR) is 157 cm³/mol. The van der Waals surface area contributed by atoms with Crippen molar-refractivity contribution in [1.82, 2.24) is 5.32 Å². The minimum absolute atomic E-state index is 0.0153. The van der Waals surface area contributed by atoms with Gasteiger partial charge in [0, 0.05) is 45.4 Å². The number of ether oxygens (including phenoxy) is 5. The third kappa shape index (κ3) is 12.0. The summed E-state index contributed by atoms with van der Waals surface area (Å²) in [4.78, 5) is 36.5. The zero-order valence-corrected chi connectivity index (χ0v) is 25.4. The Morgan fingerprint density at radius 2 is 1.86 bits per heavy atom. The van der Waals surface area contributed by atoms with E-state index in [1.165, 1.54) is 13.2 Å². The monoisotopic (exact) mass is 589 g/mol. The van der Waals surface area contributed by atoms with Crippen molar-refractivity contribution in [3.05, 3.63) is 41.9 Å². The zero-order valence-electron chi connectivity index (χ0n) is 25.4. The van der Waals surface area contributed by atoms with Gasteiger partial charge in [0.25, 0.3) is 0 Å².